The first-order valence-electron chi connectivity index (χ1n) is 4.57. The van der Waals surface area contributed by atoms with E-state index in [1.165, 1.54) is 5.56 Å². The molecule has 2 aromatic rings. The number of pyridine rings is 1. The molecule has 0 saturated carbocycles. The Kier molecular flexibility index (Phi) is 3.54. The van der Waals surface area contributed by atoms with Crippen LogP contribution in [0.25, 0.3) is 0 Å². The van der Waals surface area contributed by atoms with Crippen molar-refractivity contribution in [2.24, 2.45) is 0 Å². The third-order valence-electron chi connectivity index (χ3n) is 2.11. The van der Waals surface area contributed by atoms with Crippen LogP contribution in [0.5, 0.6) is 0 Å². The Bertz CT molecular complexity index is 442. The summed E-state index contributed by atoms with van der Waals surface area (Å²) >= 11 is 7.09. The number of alkyl halides is 1. The molecule has 1 heterocycles. The summed E-state index contributed by atoms with van der Waals surface area (Å²) in [6.45, 7) is 0. The molecule has 0 aliphatic heterocycles. The van der Waals surface area contributed by atoms with Crippen molar-refractivity contribution in [3.63, 3.8) is 0 Å². The summed E-state index contributed by atoms with van der Waals surface area (Å²) in [6, 6.07) is 12.4. The van der Waals surface area contributed by atoms with Gasteiger partial charge in [0.15, 0.2) is 0 Å². The topological polar surface area (TPSA) is 12.9 Å². The highest BCUT2D eigenvalue weighted by atomic mass is 79.9. The molecule has 0 aliphatic carbocycles. The Labute approximate surface area is 106 Å². The molecule has 0 spiro atoms. The number of benzene rings is 1. The van der Waals surface area contributed by atoms with Crippen LogP contribution in [0.3, 0.4) is 0 Å². The van der Waals surface area contributed by atoms with E-state index in [9.17, 15) is 0 Å². The maximum absolute atomic E-state index is 4.15. The molecule has 0 saturated heterocycles. The molecule has 1 atom stereocenters. The lowest BCUT2D eigenvalue weighted by atomic mass is 10.1. The lowest BCUT2D eigenvalue weighted by Crippen LogP contribution is -1.92. The van der Waals surface area contributed by atoms with Crippen molar-refractivity contribution in [1.29, 1.82) is 0 Å². The lowest BCUT2D eigenvalue weighted by molar-refractivity contribution is 1.13. The Morgan fingerprint density at radius 1 is 1.00 bits per heavy atom. The zero-order valence-corrected chi connectivity index (χ0v) is 11.1. The van der Waals surface area contributed by atoms with Crippen LogP contribution in [0.15, 0.2) is 53.3 Å². The third-order valence-corrected chi connectivity index (χ3v) is 3.60. The maximum atomic E-state index is 4.15. The predicted molar refractivity (Wildman–Crippen MR) is 69.1 cm³/mol. The number of hydrogen-bond acceptors (Lipinski definition) is 1. The van der Waals surface area contributed by atoms with Crippen molar-refractivity contribution in [2.75, 3.05) is 0 Å². The van der Waals surface area contributed by atoms with E-state index in [1.807, 2.05) is 24.4 Å². The first kappa shape index (κ1) is 10.8. The van der Waals surface area contributed by atoms with Gasteiger partial charge in [-0.25, -0.2) is 0 Å². The van der Waals surface area contributed by atoms with Crippen molar-refractivity contribution >= 4 is 31.9 Å². The second-order valence-electron chi connectivity index (χ2n) is 3.21. The highest BCUT2D eigenvalue weighted by Gasteiger charge is 2.09. The van der Waals surface area contributed by atoms with Crippen molar-refractivity contribution in [3.8, 4) is 0 Å². The molecule has 0 aliphatic rings. The molecule has 0 bridgehead atoms. The van der Waals surface area contributed by atoms with Crippen molar-refractivity contribution < 1.29 is 0 Å². The second-order valence-corrected chi connectivity index (χ2v) is 5.04. The highest BCUT2D eigenvalue weighted by molar-refractivity contribution is 9.10. The van der Waals surface area contributed by atoms with Gasteiger partial charge >= 0.3 is 0 Å². The molecule has 1 nitrogen and oxygen atoms in total. The molecule has 3 heteroatoms. The van der Waals surface area contributed by atoms with Gasteiger partial charge in [-0.3, -0.25) is 4.98 Å². The fourth-order valence-corrected chi connectivity index (χ4v) is 2.32. The number of nitrogens with zero attached hydrogens (tertiary/aromatic N) is 1. The van der Waals surface area contributed by atoms with Crippen LogP contribution < -0.4 is 0 Å². The number of halogens is 2. The van der Waals surface area contributed by atoms with Crippen LogP contribution in [0.1, 0.15) is 16.0 Å². The Morgan fingerprint density at radius 2 is 1.73 bits per heavy atom. The lowest BCUT2D eigenvalue weighted by Gasteiger charge is -2.10. The summed E-state index contributed by atoms with van der Waals surface area (Å²) in [5.74, 6) is 0. The van der Waals surface area contributed by atoms with Gasteiger partial charge in [-0.05, 0) is 33.1 Å². The van der Waals surface area contributed by atoms with Gasteiger partial charge in [0.1, 0.15) is 0 Å². The fourth-order valence-electron chi connectivity index (χ4n) is 1.38. The van der Waals surface area contributed by atoms with Gasteiger partial charge in [0.25, 0.3) is 0 Å². The Hall–Kier alpha value is -0.670. The maximum Gasteiger partial charge on any atom is 0.0660 e. The summed E-state index contributed by atoms with van der Waals surface area (Å²) in [4.78, 5) is 4.35. The minimum atomic E-state index is 0.198. The van der Waals surface area contributed by atoms with Gasteiger partial charge in [0.2, 0.25) is 0 Å². The summed E-state index contributed by atoms with van der Waals surface area (Å²) in [5, 5.41) is 0. The van der Waals surface area contributed by atoms with Crippen LogP contribution in [-0.2, 0) is 0 Å². The quantitative estimate of drug-likeness (QED) is 0.749. The van der Waals surface area contributed by atoms with Gasteiger partial charge in [-0.15, -0.1) is 0 Å². The monoisotopic (exact) mass is 325 g/mol. The average molecular weight is 327 g/mol. The average Bonchev–Trinajstić information content (AvgIpc) is 2.29. The van der Waals surface area contributed by atoms with E-state index in [-0.39, 0.29) is 4.83 Å². The summed E-state index contributed by atoms with van der Waals surface area (Å²) in [6.07, 6.45) is 3.66. The van der Waals surface area contributed by atoms with Crippen LogP contribution in [-0.4, -0.2) is 4.98 Å². The zero-order valence-electron chi connectivity index (χ0n) is 7.90. The third kappa shape index (κ3) is 2.67. The molecule has 0 unspecified atom stereocenters. The van der Waals surface area contributed by atoms with Gasteiger partial charge in [-0.2, -0.15) is 0 Å². The van der Waals surface area contributed by atoms with Crippen LogP contribution in [0.4, 0.5) is 0 Å². The van der Waals surface area contributed by atoms with Crippen LogP contribution in [0.2, 0.25) is 0 Å². The van der Waals surface area contributed by atoms with Gasteiger partial charge in [0, 0.05) is 16.9 Å². The standard InChI is InChI=1S/C12H9Br2N/c13-11-6-10(7-15-8-11)12(14)9-4-2-1-3-5-9/h1-8,12H/t12-/m0/s1. The van der Waals surface area contributed by atoms with Crippen molar-refractivity contribution in [1.82, 2.24) is 4.98 Å². The predicted octanol–water partition coefficient (Wildman–Crippen LogP) is 4.33. The fraction of sp³-hybridized carbons (Fsp3) is 0.0833. The summed E-state index contributed by atoms with van der Waals surface area (Å²) < 4.78 is 1.00. The minimum Gasteiger partial charge on any atom is -0.263 e. The SMILES string of the molecule is Brc1cncc([C@@H](Br)c2ccccc2)c1. The molecule has 0 amide bonds. The van der Waals surface area contributed by atoms with Gasteiger partial charge in [-0.1, -0.05) is 46.3 Å². The number of rotatable bonds is 2. The van der Waals surface area contributed by atoms with E-state index in [4.69, 9.17) is 0 Å². The van der Waals surface area contributed by atoms with E-state index in [1.54, 1.807) is 6.20 Å². The van der Waals surface area contributed by atoms with E-state index >= 15 is 0 Å². The van der Waals surface area contributed by atoms with E-state index in [0.717, 1.165) is 10.0 Å². The molecule has 1 aromatic heterocycles. The normalized spacial score (nSPS) is 12.4. The molecule has 0 radical (unpaired) electrons. The molecule has 15 heavy (non-hydrogen) atoms. The Morgan fingerprint density at radius 3 is 2.40 bits per heavy atom. The van der Waals surface area contributed by atoms with Gasteiger partial charge in [0.05, 0.1) is 4.83 Å². The van der Waals surface area contributed by atoms with E-state index in [2.05, 4.69) is 55.0 Å². The Balaban J connectivity index is 2.32. The minimum absolute atomic E-state index is 0.198. The van der Waals surface area contributed by atoms with Crippen LogP contribution >= 0.6 is 31.9 Å². The molecule has 2 rings (SSSR count). The van der Waals surface area contributed by atoms with Crippen molar-refractivity contribution in [3.05, 3.63) is 64.4 Å². The second kappa shape index (κ2) is 4.90. The smallest absolute Gasteiger partial charge is 0.0660 e. The highest BCUT2D eigenvalue weighted by Crippen LogP contribution is 2.30. The van der Waals surface area contributed by atoms with E-state index < -0.39 is 0 Å². The largest absolute Gasteiger partial charge is 0.263 e. The zero-order chi connectivity index (χ0) is 10.7. The molecule has 0 fully saturated rings. The molecule has 1 aromatic carbocycles. The summed E-state index contributed by atoms with van der Waals surface area (Å²) in [5.41, 5.74) is 2.38. The molecular weight excluding hydrogens is 318 g/mol. The first-order chi connectivity index (χ1) is 7.27. The van der Waals surface area contributed by atoms with Gasteiger partial charge < -0.3 is 0 Å². The van der Waals surface area contributed by atoms with Crippen molar-refractivity contribution in [2.45, 2.75) is 4.83 Å². The molecule has 0 N–H and O–H groups in total. The number of aromatic nitrogens is 1. The van der Waals surface area contributed by atoms with E-state index in [0.29, 0.717) is 0 Å². The number of hydrogen-bond donors (Lipinski definition) is 0. The molecular formula is C12H9Br2N. The van der Waals surface area contributed by atoms with Crippen LogP contribution in [0, 0.1) is 0 Å². The summed E-state index contributed by atoms with van der Waals surface area (Å²) in [7, 11) is 0. The first-order valence-corrected chi connectivity index (χ1v) is 6.28. The molecule has 76 valence electrons.